The molecule has 0 aliphatic carbocycles. The van der Waals surface area contributed by atoms with Crippen LogP contribution in [-0.4, -0.2) is 17.0 Å². The van der Waals surface area contributed by atoms with Gasteiger partial charge in [0.1, 0.15) is 0 Å². The molecule has 0 fully saturated rings. The third kappa shape index (κ3) is 3.08. The van der Waals surface area contributed by atoms with E-state index in [1.807, 2.05) is 6.92 Å². The highest BCUT2D eigenvalue weighted by Gasteiger charge is 2.19. The lowest BCUT2D eigenvalue weighted by molar-refractivity contribution is 0.0697. The number of carbonyl (C=O) groups is 2. The number of carboxylic acids is 1. The molecule has 2 aromatic rings. The van der Waals surface area contributed by atoms with Gasteiger partial charge in [-0.2, -0.15) is 0 Å². The number of amides is 1. The minimum absolute atomic E-state index is 0.276. The Morgan fingerprint density at radius 2 is 1.95 bits per heavy atom. The first-order valence-corrected chi connectivity index (χ1v) is 6.92. The Balaban J connectivity index is 2.37. The van der Waals surface area contributed by atoms with E-state index >= 15 is 0 Å². The molecule has 7 heteroatoms. The van der Waals surface area contributed by atoms with Crippen molar-refractivity contribution in [1.29, 1.82) is 0 Å². The van der Waals surface area contributed by atoms with Crippen molar-refractivity contribution in [3.63, 3.8) is 0 Å². The second-order valence-electron chi connectivity index (χ2n) is 4.20. The van der Waals surface area contributed by atoms with Gasteiger partial charge in [-0.15, -0.1) is 11.3 Å². The molecule has 1 heterocycles. The van der Waals surface area contributed by atoms with E-state index in [9.17, 15) is 18.4 Å². The van der Waals surface area contributed by atoms with Crippen LogP contribution in [0.15, 0.2) is 23.6 Å². The number of benzene rings is 1. The molecule has 1 amide bonds. The van der Waals surface area contributed by atoms with Crippen LogP contribution < -0.4 is 5.32 Å². The summed E-state index contributed by atoms with van der Waals surface area (Å²) in [6.07, 6.45) is 0.635. The summed E-state index contributed by atoms with van der Waals surface area (Å²) in [6.45, 7) is 1.87. The number of carbonyl (C=O) groups excluding carboxylic acids is 1. The molecule has 4 nitrogen and oxygen atoms in total. The van der Waals surface area contributed by atoms with Crippen molar-refractivity contribution in [3.05, 3.63) is 51.2 Å². The van der Waals surface area contributed by atoms with Gasteiger partial charge in [-0.05, 0) is 29.5 Å². The van der Waals surface area contributed by atoms with Crippen molar-refractivity contribution in [1.82, 2.24) is 0 Å². The lowest BCUT2D eigenvalue weighted by Crippen LogP contribution is -2.15. The number of aryl methyl sites for hydroxylation is 1. The number of halogens is 2. The fourth-order valence-electron chi connectivity index (χ4n) is 1.82. The second-order valence-corrected chi connectivity index (χ2v) is 5.12. The molecule has 0 saturated heterocycles. The molecule has 0 aliphatic heterocycles. The van der Waals surface area contributed by atoms with Crippen molar-refractivity contribution < 1.29 is 23.5 Å². The van der Waals surface area contributed by atoms with E-state index in [1.54, 1.807) is 11.4 Å². The molecule has 2 N–H and O–H groups in total. The van der Waals surface area contributed by atoms with Crippen molar-refractivity contribution in [2.24, 2.45) is 0 Å². The lowest BCUT2D eigenvalue weighted by atomic mass is 10.1. The zero-order valence-electron chi connectivity index (χ0n) is 10.9. The van der Waals surface area contributed by atoms with E-state index in [0.29, 0.717) is 23.4 Å². The van der Waals surface area contributed by atoms with Crippen LogP contribution in [0.1, 0.15) is 32.5 Å². The number of hydrogen-bond acceptors (Lipinski definition) is 3. The molecule has 1 aromatic heterocycles. The normalized spacial score (nSPS) is 10.4. The number of hydrogen-bond donors (Lipinski definition) is 2. The van der Waals surface area contributed by atoms with E-state index in [1.165, 1.54) is 11.3 Å². The van der Waals surface area contributed by atoms with Crippen molar-refractivity contribution in [2.75, 3.05) is 5.32 Å². The van der Waals surface area contributed by atoms with Crippen LogP contribution in [-0.2, 0) is 6.42 Å². The first-order valence-electron chi connectivity index (χ1n) is 6.04. The number of carboxylic acid groups (broad SMARTS) is 1. The highest BCUT2D eigenvalue weighted by Crippen LogP contribution is 2.23. The maximum atomic E-state index is 13.2. The molecule has 0 unspecified atom stereocenters. The van der Waals surface area contributed by atoms with Crippen LogP contribution in [0.5, 0.6) is 0 Å². The summed E-state index contributed by atoms with van der Waals surface area (Å²) in [7, 11) is 0. The summed E-state index contributed by atoms with van der Waals surface area (Å²) < 4.78 is 26.3. The van der Waals surface area contributed by atoms with Crippen LogP contribution in [0.4, 0.5) is 14.5 Å². The maximum Gasteiger partial charge on any atom is 0.337 e. The third-order valence-corrected chi connectivity index (χ3v) is 3.83. The molecular weight excluding hydrogens is 300 g/mol. The monoisotopic (exact) mass is 311 g/mol. The Morgan fingerprint density at radius 3 is 2.57 bits per heavy atom. The molecule has 0 saturated carbocycles. The summed E-state index contributed by atoms with van der Waals surface area (Å²) in [4.78, 5) is 23.6. The number of thiophene rings is 1. The van der Waals surface area contributed by atoms with Crippen molar-refractivity contribution in [2.45, 2.75) is 13.3 Å². The van der Waals surface area contributed by atoms with Crippen LogP contribution in [0, 0.1) is 11.6 Å². The van der Waals surface area contributed by atoms with Gasteiger partial charge >= 0.3 is 5.97 Å². The molecule has 110 valence electrons. The zero-order valence-corrected chi connectivity index (χ0v) is 11.8. The fraction of sp³-hybridized carbons (Fsp3) is 0.143. The zero-order chi connectivity index (χ0) is 15.6. The highest BCUT2D eigenvalue weighted by atomic mass is 32.1. The Kier molecular flexibility index (Phi) is 4.32. The van der Waals surface area contributed by atoms with Crippen LogP contribution >= 0.6 is 11.3 Å². The minimum Gasteiger partial charge on any atom is -0.478 e. The first kappa shape index (κ1) is 15.1. The molecule has 1 aromatic carbocycles. The van der Waals surface area contributed by atoms with Crippen molar-refractivity contribution >= 4 is 28.9 Å². The maximum absolute atomic E-state index is 13.2. The van der Waals surface area contributed by atoms with E-state index in [4.69, 9.17) is 5.11 Å². The molecule has 0 spiro atoms. The van der Waals surface area contributed by atoms with Crippen molar-refractivity contribution in [3.8, 4) is 0 Å². The highest BCUT2D eigenvalue weighted by molar-refractivity contribution is 7.12. The van der Waals surface area contributed by atoms with E-state index in [2.05, 4.69) is 5.32 Å². The SMILES string of the molecule is CCc1ccsc1C(=O)Nc1cc(F)c(F)cc1C(=O)O. The molecule has 2 rings (SSSR count). The molecule has 0 radical (unpaired) electrons. The molecule has 0 bridgehead atoms. The quantitative estimate of drug-likeness (QED) is 0.907. The van der Waals surface area contributed by atoms with Gasteiger partial charge in [0.15, 0.2) is 11.6 Å². The van der Waals surface area contributed by atoms with Crippen LogP contribution in [0.3, 0.4) is 0 Å². The van der Waals surface area contributed by atoms with Gasteiger partial charge in [0, 0.05) is 6.07 Å². The molecule has 21 heavy (non-hydrogen) atoms. The van der Waals surface area contributed by atoms with Crippen LogP contribution in [0.25, 0.3) is 0 Å². The minimum atomic E-state index is -1.45. The largest absolute Gasteiger partial charge is 0.478 e. The van der Waals surface area contributed by atoms with E-state index in [0.717, 1.165) is 5.56 Å². The number of aromatic carboxylic acids is 1. The predicted octanol–water partition coefficient (Wildman–Crippen LogP) is 3.54. The van der Waals surface area contributed by atoms with Gasteiger partial charge in [-0.1, -0.05) is 6.92 Å². The van der Waals surface area contributed by atoms with Gasteiger partial charge < -0.3 is 10.4 Å². The lowest BCUT2D eigenvalue weighted by Gasteiger charge is -2.09. The molecule has 0 atom stereocenters. The van der Waals surface area contributed by atoms with Gasteiger partial charge in [-0.25, -0.2) is 13.6 Å². The first-order chi connectivity index (χ1) is 9.93. The summed E-state index contributed by atoms with van der Waals surface area (Å²) in [5.74, 6) is -4.51. The Labute approximate surface area is 123 Å². The average Bonchev–Trinajstić information content (AvgIpc) is 2.90. The van der Waals surface area contributed by atoms with Crippen LogP contribution in [0.2, 0.25) is 0 Å². The molecular formula is C14H11F2NO3S. The Bertz CT molecular complexity index is 712. The van der Waals surface area contributed by atoms with Gasteiger partial charge in [0.05, 0.1) is 16.1 Å². The Hall–Kier alpha value is -2.28. The topological polar surface area (TPSA) is 66.4 Å². The predicted molar refractivity (Wildman–Crippen MR) is 75.0 cm³/mol. The number of rotatable bonds is 4. The summed E-state index contributed by atoms with van der Waals surface area (Å²) in [5.41, 5.74) is 0.0238. The van der Waals surface area contributed by atoms with Gasteiger partial charge in [0.25, 0.3) is 5.91 Å². The van der Waals surface area contributed by atoms with E-state index in [-0.39, 0.29) is 5.69 Å². The van der Waals surface area contributed by atoms with Gasteiger partial charge in [-0.3, -0.25) is 4.79 Å². The number of anilines is 1. The average molecular weight is 311 g/mol. The number of nitrogens with one attached hydrogen (secondary N) is 1. The van der Waals surface area contributed by atoms with Gasteiger partial charge in [0.2, 0.25) is 0 Å². The fourth-order valence-corrected chi connectivity index (χ4v) is 2.71. The smallest absolute Gasteiger partial charge is 0.337 e. The summed E-state index contributed by atoms with van der Waals surface area (Å²) in [5, 5.41) is 13.0. The summed E-state index contributed by atoms with van der Waals surface area (Å²) in [6, 6.07) is 2.99. The standard InChI is InChI=1S/C14H11F2NO3S/c1-2-7-3-4-21-12(7)13(18)17-11-6-10(16)9(15)5-8(11)14(19)20/h3-6H,2H2,1H3,(H,17,18)(H,19,20). The molecule has 0 aliphatic rings. The van der Waals surface area contributed by atoms with E-state index < -0.39 is 29.1 Å². The summed E-state index contributed by atoms with van der Waals surface area (Å²) >= 11 is 1.20. The Morgan fingerprint density at radius 1 is 1.29 bits per heavy atom. The third-order valence-electron chi connectivity index (χ3n) is 2.87. The second kappa shape index (κ2) is 6.01.